The summed E-state index contributed by atoms with van der Waals surface area (Å²) in [5.41, 5.74) is 4.52. The molecule has 0 amide bonds. The lowest BCUT2D eigenvalue weighted by Gasteiger charge is -2.21. The molecule has 28 heavy (non-hydrogen) atoms. The van der Waals surface area contributed by atoms with Crippen LogP contribution in [0.3, 0.4) is 0 Å². The molecule has 148 valence electrons. The minimum Gasteiger partial charge on any atom is -0.423 e. The highest BCUT2D eigenvalue weighted by molar-refractivity contribution is 5.91. The number of esters is 1. The van der Waals surface area contributed by atoms with Gasteiger partial charge in [-0.25, -0.2) is 4.79 Å². The van der Waals surface area contributed by atoms with Gasteiger partial charge in [0.25, 0.3) is 0 Å². The quantitative estimate of drug-likeness (QED) is 0.359. The summed E-state index contributed by atoms with van der Waals surface area (Å²) in [6.45, 7) is 4.45. The summed E-state index contributed by atoms with van der Waals surface area (Å²) < 4.78 is 5.53. The Morgan fingerprint density at radius 1 is 1.00 bits per heavy atom. The number of ether oxygens (including phenoxy) is 1. The Labute approximate surface area is 169 Å². The van der Waals surface area contributed by atoms with Gasteiger partial charge in [0, 0.05) is 0 Å². The van der Waals surface area contributed by atoms with Crippen LogP contribution in [0.15, 0.2) is 54.6 Å². The smallest absolute Gasteiger partial charge is 0.343 e. The second-order valence-corrected chi connectivity index (χ2v) is 7.87. The van der Waals surface area contributed by atoms with Gasteiger partial charge in [0.15, 0.2) is 0 Å². The predicted octanol–water partition coefficient (Wildman–Crippen LogP) is 7.23. The molecule has 0 aromatic heterocycles. The molecule has 0 spiro atoms. The summed E-state index contributed by atoms with van der Waals surface area (Å²) in [6.07, 6.45) is 12.0. The zero-order valence-electron chi connectivity index (χ0n) is 17.2. The van der Waals surface area contributed by atoms with Gasteiger partial charge in [0.2, 0.25) is 0 Å². The van der Waals surface area contributed by atoms with Crippen LogP contribution in [0.5, 0.6) is 5.75 Å². The van der Waals surface area contributed by atoms with Gasteiger partial charge in [-0.3, -0.25) is 0 Å². The average Bonchev–Trinajstić information content (AvgIpc) is 2.74. The van der Waals surface area contributed by atoms with Crippen LogP contribution in [0.2, 0.25) is 0 Å². The lowest BCUT2D eigenvalue weighted by Crippen LogP contribution is -2.09. The summed E-state index contributed by atoms with van der Waals surface area (Å²) in [4.78, 5) is 12.4. The molecular formula is C26H32O2. The van der Waals surface area contributed by atoms with Crippen LogP contribution in [0, 0.1) is 5.92 Å². The van der Waals surface area contributed by atoms with Crippen molar-refractivity contribution in [2.24, 2.45) is 5.92 Å². The Kier molecular flexibility index (Phi) is 7.47. The van der Waals surface area contributed by atoms with Crippen molar-refractivity contribution in [1.29, 1.82) is 0 Å². The Hall–Kier alpha value is -2.35. The van der Waals surface area contributed by atoms with Crippen LogP contribution in [-0.2, 0) is 6.42 Å². The fraction of sp³-hybridized carbons (Fsp3) is 0.423. The van der Waals surface area contributed by atoms with E-state index < -0.39 is 0 Å². The first-order chi connectivity index (χ1) is 13.7. The van der Waals surface area contributed by atoms with Crippen molar-refractivity contribution < 1.29 is 9.53 Å². The van der Waals surface area contributed by atoms with Gasteiger partial charge in [-0.05, 0) is 79.0 Å². The minimum atomic E-state index is -0.298. The molecule has 2 aromatic rings. The molecule has 3 rings (SSSR count). The molecule has 1 aliphatic rings. The summed E-state index contributed by atoms with van der Waals surface area (Å²) in [5, 5.41) is 0. The highest BCUT2D eigenvalue weighted by Gasteiger charge is 2.15. The molecule has 0 bridgehead atoms. The van der Waals surface area contributed by atoms with E-state index in [1.165, 1.54) is 55.2 Å². The zero-order valence-corrected chi connectivity index (χ0v) is 17.2. The fourth-order valence-electron chi connectivity index (χ4n) is 3.91. The molecule has 0 fully saturated rings. The number of hydrogen-bond donors (Lipinski definition) is 0. The fourth-order valence-corrected chi connectivity index (χ4v) is 3.91. The number of carbonyl (C=O) groups is 1. The highest BCUT2D eigenvalue weighted by atomic mass is 16.5. The number of unbranched alkanes of at least 4 members (excludes halogenated alkanes) is 1. The van der Waals surface area contributed by atoms with Crippen molar-refractivity contribution in [1.82, 2.24) is 0 Å². The van der Waals surface area contributed by atoms with Crippen LogP contribution in [0.25, 0.3) is 5.57 Å². The largest absolute Gasteiger partial charge is 0.423 e. The van der Waals surface area contributed by atoms with Crippen LogP contribution < -0.4 is 4.74 Å². The highest BCUT2D eigenvalue weighted by Crippen LogP contribution is 2.32. The molecule has 1 unspecified atom stereocenters. The van der Waals surface area contributed by atoms with E-state index in [-0.39, 0.29) is 5.97 Å². The maximum atomic E-state index is 12.4. The molecule has 2 heteroatoms. The summed E-state index contributed by atoms with van der Waals surface area (Å²) in [7, 11) is 0. The average molecular weight is 377 g/mol. The summed E-state index contributed by atoms with van der Waals surface area (Å²) in [5.74, 6) is 1.15. The summed E-state index contributed by atoms with van der Waals surface area (Å²) in [6, 6.07) is 15.7. The SMILES string of the molecule is CCCCc1ccc(OC(=O)c2ccc(C3=CCC(CCC)CC3)cc2)cc1. The molecule has 1 aliphatic carbocycles. The lowest BCUT2D eigenvalue weighted by molar-refractivity contribution is 0.0734. The Morgan fingerprint density at radius 3 is 2.36 bits per heavy atom. The lowest BCUT2D eigenvalue weighted by atomic mass is 9.84. The van der Waals surface area contributed by atoms with Gasteiger partial charge in [-0.1, -0.05) is 63.5 Å². The molecule has 0 saturated carbocycles. The molecule has 0 saturated heterocycles. The standard InChI is InChI=1S/C26H32O2/c1-3-5-7-21-10-18-25(19-11-21)28-26(27)24-16-14-23(15-17-24)22-12-8-20(6-4-2)9-13-22/h10-12,14-20H,3-9,13H2,1-2H3. The maximum absolute atomic E-state index is 12.4. The van der Waals surface area contributed by atoms with Gasteiger partial charge in [0.05, 0.1) is 5.56 Å². The van der Waals surface area contributed by atoms with E-state index in [9.17, 15) is 4.79 Å². The number of hydrogen-bond acceptors (Lipinski definition) is 2. The molecule has 1 atom stereocenters. The number of allylic oxidation sites excluding steroid dienone is 2. The monoisotopic (exact) mass is 376 g/mol. The first-order valence-electron chi connectivity index (χ1n) is 10.8. The normalized spacial score (nSPS) is 16.5. The number of carbonyl (C=O) groups excluding carboxylic acids is 1. The number of benzene rings is 2. The summed E-state index contributed by atoms with van der Waals surface area (Å²) >= 11 is 0. The van der Waals surface area contributed by atoms with Crippen LogP contribution >= 0.6 is 0 Å². The molecule has 0 N–H and O–H groups in total. The van der Waals surface area contributed by atoms with Gasteiger partial charge in [-0.15, -0.1) is 0 Å². The van der Waals surface area contributed by atoms with E-state index in [2.05, 4.69) is 32.1 Å². The second kappa shape index (κ2) is 10.3. The minimum absolute atomic E-state index is 0.298. The van der Waals surface area contributed by atoms with Gasteiger partial charge < -0.3 is 4.74 Å². The zero-order chi connectivity index (χ0) is 19.8. The van der Waals surface area contributed by atoms with E-state index in [1.807, 2.05) is 36.4 Å². The van der Waals surface area contributed by atoms with Crippen LogP contribution in [-0.4, -0.2) is 5.97 Å². The third kappa shape index (κ3) is 5.58. The van der Waals surface area contributed by atoms with Gasteiger partial charge >= 0.3 is 5.97 Å². The topological polar surface area (TPSA) is 26.3 Å². The predicted molar refractivity (Wildman–Crippen MR) is 117 cm³/mol. The van der Waals surface area contributed by atoms with Crippen molar-refractivity contribution in [2.45, 2.75) is 65.2 Å². The van der Waals surface area contributed by atoms with E-state index >= 15 is 0 Å². The van der Waals surface area contributed by atoms with E-state index in [0.717, 1.165) is 18.8 Å². The van der Waals surface area contributed by atoms with Crippen LogP contribution in [0.4, 0.5) is 0 Å². The molecule has 0 heterocycles. The number of aryl methyl sites for hydroxylation is 1. The van der Waals surface area contributed by atoms with Crippen molar-refractivity contribution >= 4 is 11.5 Å². The maximum Gasteiger partial charge on any atom is 0.343 e. The molecule has 0 radical (unpaired) electrons. The van der Waals surface area contributed by atoms with Crippen molar-refractivity contribution in [3.63, 3.8) is 0 Å². The van der Waals surface area contributed by atoms with Crippen LogP contribution in [0.1, 0.15) is 80.3 Å². The van der Waals surface area contributed by atoms with E-state index in [4.69, 9.17) is 4.74 Å². The van der Waals surface area contributed by atoms with Crippen molar-refractivity contribution in [3.05, 3.63) is 71.3 Å². The third-order valence-electron chi connectivity index (χ3n) is 5.66. The van der Waals surface area contributed by atoms with Gasteiger partial charge in [0.1, 0.15) is 5.75 Å². The molecular weight excluding hydrogens is 344 g/mol. The third-order valence-corrected chi connectivity index (χ3v) is 5.66. The van der Waals surface area contributed by atoms with Gasteiger partial charge in [-0.2, -0.15) is 0 Å². The first kappa shape index (κ1) is 20.4. The van der Waals surface area contributed by atoms with E-state index in [1.54, 1.807) is 0 Å². The molecule has 0 aliphatic heterocycles. The first-order valence-corrected chi connectivity index (χ1v) is 10.8. The number of rotatable bonds is 8. The molecule has 2 nitrogen and oxygen atoms in total. The van der Waals surface area contributed by atoms with Crippen molar-refractivity contribution in [2.75, 3.05) is 0 Å². The van der Waals surface area contributed by atoms with Crippen molar-refractivity contribution in [3.8, 4) is 5.75 Å². The second-order valence-electron chi connectivity index (χ2n) is 7.87. The van der Waals surface area contributed by atoms with E-state index in [0.29, 0.717) is 11.3 Å². The Bertz CT molecular complexity index is 784. The molecule has 2 aromatic carbocycles. The Morgan fingerprint density at radius 2 is 1.75 bits per heavy atom. The Balaban J connectivity index is 1.58.